The Kier molecular flexibility index (Phi) is 5.66. The third-order valence-electron chi connectivity index (χ3n) is 2.88. The number of hydrogen-bond donors (Lipinski definition) is 1. The first kappa shape index (κ1) is 13.4. The normalized spacial score (nSPS) is 21.2. The van der Waals surface area contributed by atoms with E-state index in [1.165, 1.54) is 0 Å². The molecule has 0 aromatic heterocycles. The maximum Gasteiger partial charge on any atom is 0.124 e. The molecule has 1 heterocycles. The molecule has 1 rings (SSSR count). The quantitative estimate of drug-likeness (QED) is 0.428. The van der Waals surface area contributed by atoms with Gasteiger partial charge < -0.3 is 4.74 Å². The highest BCUT2D eigenvalue weighted by Gasteiger charge is 2.25. The molecule has 0 spiro atoms. The number of morpholine rings is 1. The second kappa shape index (κ2) is 6.78. The Morgan fingerprint density at radius 2 is 2.19 bits per heavy atom. The number of hydrogen-bond acceptors (Lipinski definition) is 5. The average molecular weight is 229 g/mol. The van der Waals surface area contributed by atoms with Crippen molar-refractivity contribution in [3.63, 3.8) is 0 Å². The van der Waals surface area contributed by atoms with Crippen LogP contribution in [0.25, 0.3) is 0 Å². The lowest BCUT2D eigenvalue weighted by atomic mass is 10.0. The second-order valence-corrected chi connectivity index (χ2v) is 4.10. The fourth-order valence-electron chi connectivity index (χ4n) is 1.91. The Hall–Kier alpha value is -0.710. The summed E-state index contributed by atoms with van der Waals surface area (Å²) in [7, 11) is 0. The minimum absolute atomic E-state index is 0.0245. The molecule has 0 aromatic carbocycles. The first-order chi connectivity index (χ1) is 7.69. The van der Waals surface area contributed by atoms with Crippen molar-refractivity contribution < 1.29 is 19.7 Å². The highest BCUT2D eigenvalue weighted by molar-refractivity contribution is 5.53. The monoisotopic (exact) mass is 229 g/mol. The molecule has 5 nitrogen and oxygen atoms in total. The number of ether oxygens (including phenoxy) is 1. The number of nitrogens with zero attached hydrogens (tertiary/aromatic N) is 1. The van der Waals surface area contributed by atoms with Gasteiger partial charge in [-0.25, -0.2) is 9.68 Å². The molecule has 0 amide bonds. The van der Waals surface area contributed by atoms with Crippen LogP contribution in [0.4, 0.5) is 0 Å². The van der Waals surface area contributed by atoms with E-state index < -0.39 is 0 Å². The van der Waals surface area contributed by atoms with Crippen LogP contribution in [0.5, 0.6) is 0 Å². The van der Waals surface area contributed by atoms with Crippen LogP contribution in [0.15, 0.2) is 5.57 Å². The molecule has 1 fully saturated rings. The molecular formula is C11H19NO4. The molecule has 0 saturated carbocycles. The minimum atomic E-state index is -0.295. The van der Waals surface area contributed by atoms with Gasteiger partial charge in [0.15, 0.2) is 0 Å². The van der Waals surface area contributed by atoms with Gasteiger partial charge in [-0.05, 0) is 20.3 Å². The lowest BCUT2D eigenvalue weighted by molar-refractivity contribution is -0.276. The minimum Gasteiger partial charge on any atom is -0.379 e. The van der Waals surface area contributed by atoms with Crippen molar-refractivity contribution in [2.45, 2.75) is 32.4 Å². The highest BCUT2D eigenvalue weighted by Crippen LogP contribution is 2.17. The van der Waals surface area contributed by atoms with E-state index in [0.717, 1.165) is 13.1 Å². The summed E-state index contributed by atoms with van der Waals surface area (Å²) in [5, 5.41) is 8.59. The van der Waals surface area contributed by atoms with Crippen molar-refractivity contribution in [3.8, 4) is 0 Å². The predicted octanol–water partition coefficient (Wildman–Crippen LogP) is 0.733. The third kappa shape index (κ3) is 3.70. The summed E-state index contributed by atoms with van der Waals surface area (Å²) in [5.74, 6) is 1.94. The summed E-state index contributed by atoms with van der Waals surface area (Å²) in [5.41, 5.74) is 0.644. The van der Waals surface area contributed by atoms with Gasteiger partial charge in [-0.1, -0.05) is 0 Å². The van der Waals surface area contributed by atoms with Gasteiger partial charge in [-0.2, -0.15) is 0 Å². The Labute approximate surface area is 95.6 Å². The summed E-state index contributed by atoms with van der Waals surface area (Å²) in [4.78, 5) is 17.2. The molecule has 0 bridgehead atoms. The van der Waals surface area contributed by atoms with Crippen LogP contribution < -0.4 is 0 Å². The Morgan fingerprint density at radius 3 is 2.69 bits per heavy atom. The maximum absolute atomic E-state index is 10.7. The van der Waals surface area contributed by atoms with E-state index in [0.29, 0.717) is 25.2 Å². The van der Waals surface area contributed by atoms with Gasteiger partial charge in [-0.15, -0.1) is 0 Å². The Morgan fingerprint density at radius 1 is 1.56 bits per heavy atom. The topological polar surface area (TPSA) is 59.0 Å². The predicted molar refractivity (Wildman–Crippen MR) is 58.9 cm³/mol. The van der Waals surface area contributed by atoms with E-state index in [1.54, 1.807) is 13.8 Å². The summed E-state index contributed by atoms with van der Waals surface area (Å²) in [6.07, 6.45) is 0.286. The van der Waals surface area contributed by atoms with Crippen molar-refractivity contribution >= 4 is 5.94 Å². The van der Waals surface area contributed by atoms with E-state index in [1.807, 2.05) is 5.94 Å². The first-order valence-corrected chi connectivity index (χ1v) is 5.52. The Bertz CT molecular complexity index is 257. The second-order valence-electron chi connectivity index (χ2n) is 4.10. The molecule has 1 aliphatic heterocycles. The standard InChI is InChI=1S/C11H19NO4/c1-9(8-13)11(7-10(2)16-14)12-3-5-15-6-4-12/h10-11,14H,3-7H2,1-2H3/t10-,11?/m1/s1. The van der Waals surface area contributed by atoms with E-state index in [9.17, 15) is 4.79 Å². The highest BCUT2D eigenvalue weighted by atomic mass is 17.1. The van der Waals surface area contributed by atoms with Crippen LogP contribution in [0, 0.1) is 0 Å². The van der Waals surface area contributed by atoms with Crippen LogP contribution in [0.1, 0.15) is 20.3 Å². The molecule has 1 saturated heterocycles. The SMILES string of the molecule is CC(=C=O)C(C[C@@H](C)OO)N1CCOCC1. The zero-order valence-electron chi connectivity index (χ0n) is 9.81. The van der Waals surface area contributed by atoms with Crippen molar-refractivity contribution in [1.82, 2.24) is 4.90 Å². The van der Waals surface area contributed by atoms with Crippen LogP contribution in [-0.4, -0.2) is 54.5 Å². The van der Waals surface area contributed by atoms with Crippen molar-refractivity contribution in [2.24, 2.45) is 0 Å². The van der Waals surface area contributed by atoms with E-state index in [-0.39, 0.29) is 12.1 Å². The lowest BCUT2D eigenvalue weighted by Gasteiger charge is -2.34. The fraction of sp³-hybridized carbons (Fsp3) is 0.818. The van der Waals surface area contributed by atoms with Gasteiger partial charge in [0, 0.05) is 24.7 Å². The molecular weight excluding hydrogens is 210 g/mol. The van der Waals surface area contributed by atoms with Gasteiger partial charge >= 0.3 is 0 Å². The van der Waals surface area contributed by atoms with Gasteiger partial charge in [0.05, 0.1) is 19.3 Å². The van der Waals surface area contributed by atoms with Gasteiger partial charge in [0.25, 0.3) is 0 Å². The van der Waals surface area contributed by atoms with E-state index in [4.69, 9.17) is 9.99 Å². The molecule has 1 aliphatic rings. The number of rotatable bonds is 5. The summed E-state index contributed by atoms with van der Waals surface area (Å²) in [6, 6.07) is -0.0245. The zero-order chi connectivity index (χ0) is 12.0. The number of carbonyl (C=O) groups excluding carboxylic acids is 1. The molecule has 92 valence electrons. The fourth-order valence-corrected chi connectivity index (χ4v) is 1.91. The molecule has 1 N–H and O–H groups in total. The molecule has 0 radical (unpaired) electrons. The maximum atomic E-state index is 10.7. The molecule has 0 aliphatic carbocycles. The summed E-state index contributed by atoms with van der Waals surface area (Å²) >= 11 is 0. The lowest BCUT2D eigenvalue weighted by Crippen LogP contribution is -2.45. The van der Waals surface area contributed by atoms with Crippen LogP contribution in [-0.2, 0) is 14.4 Å². The van der Waals surface area contributed by atoms with Crippen LogP contribution in [0.3, 0.4) is 0 Å². The van der Waals surface area contributed by atoms with Crippen LogP contribution in [0.2, 0.25) is 0 Å². The third-order valence-corrected chi connectivity index (χ3v) is 2.88. The molecule has 16 heavy (non-hydrogen) atoms. The largest absolute Gasteiger partial charge is 0.379 e. The van der Waals surface area contributed by atoms with Gasteiger partial charge in [0.1, 0.15) is 5.94 Å². The van der Waals surface area contributed by atoms with E-state index >= 15 is 0 Å². The van der Waals surface area contributed by atoms with Crippen molar-refractivity contribution in [3.05, 3.63) is 5.57 Å². The molecule has 2 atom stereocenters. The summed E-state index contributed by atoms with van der Waals surface area (Å²) < 4.78 is 5.26. The average Bonchev–Trinajstić information content (AvgIpc) is 2.35. The molecule has 1 unspecified atom stereocenters. The summed E-state index contributed by atoms with van der Waals surface area (Å²) in [6.45, 7) is 6.47. The first-order valence-electron chi connectivity index (χ1n) is 5.52. The molecule has 0 aromatic rings. The van der Waals surface area contributed by atoms with Gasteiger partial charge in [-0.3, -0.25) is 10.2 Å². The smallest absolute Gasteiger partial charge is 0.124 e. The van der Waals surface area contributed by atoms with Crippen molar-refractivity contribution in [2.75, 3.05) is 26.3 Å². The van der Waals surface area contributed by atoms with Crippen LogP contribution >= 0.6 is 0 Å². The zero-order valence-corrected chi connectivity index (χ0v) is 9.81. The molecule has 5 heteroatoms. The van der Waals surface area contributed by atoms with Crippen molar-refractivity contribution in [1.29, 1.82) is 0 Å². The van der Waals surface area contributed by atoms with Gasteiger partial charge in [0.2, 0.25) is 0 Å². The Balaban J connectivity index is 2.65. The van der Waals surface area contributed by atoms with E-state index in [2.05, 4.69) is 9.79 Å².